The van der Waals surface area contributed by atoms with Crippen LogP contribution in [-0.2, 0) is 22.6 Å². The smallest absolute Gasteiger partial charge is 0.0731 e. The standard InChI is InChI=1S/C15H25NO2S/c1-10-5-14(6-11(2)18-10)17-9-13-7-15(8-16-4)19-12(13)3/h7,10-11,14,16H,5-6,8-9H2,1-4H3. The molecule has 0 bridgehead atoms. The lowest BCUT2D eigenvalue weighted by molar-refractivity contribution is -0.106. The van der Waals surface area contributed by atoms with E-state index in [1.54, 1.807) is 0 Å². The zero-order valence-corrected chi connectivity index (χ0v) is 13.2. The Labute approximate surface area is 120 Å². The monoisotopic (exact) mass is 283 g/mol. The molecule has 2 heterocycles. The molecule has 108 valence electrons. The molecule has 1 aliphatic heterocycles. The molecule has 4 heteroatoms. The van der Waals surface area contributed by atoms with Gasteiger partial charge in [0.15, 0.2) is 0 Å². The molecule has 2 rings (SSSR count). The van der Waals surface area contributed by atoms with Crippen LogP contribution in [0.3, 0.4) is 0 Å². The van der Waals surface area contributed by atoms with E-state index in [-0.39, 0.29) is 0 Å². The van der Waals surface area contributed by atoms with Crippen molar-refractivity contribution in [3.8, 4) is 0 Å². The molecule has 2 unspecified atom stereocenters. The van der Waals surface area contributed by atoms with Gasteiger partial charge in [0.05, 0.1) is 24.9 Å². The summed E-state index contributed by atoms with van der Waals surface area (Å²) in [4.78, 5) is 2.76. The molecule has 1 aromatic heterocycles. The van der Waals surface area contributed by atoms with E-state index in [4.69, 9.17) is 9.47 Å². The van der Waals surface area contributed by atoms with E-state index < -0.39 is 0 Å². The van der Waals surface area contributed by atoms with Crippen LogP contribution in [0.4, 0.5) is 0 Å². The fourth-order valence-electron chi connectivity index (χ4n) is 2.68. The Morgan fingerprint density at radius 3 is 2.68 bits per heavy atom. The molecule has 0 saturated carbocycles. The minimum Gasteiger partial charge on any atom is -0.375 e. The summed E-state index contributed by atoms with van der Waals surface area (Å²) in [6.07, 6.45) is 2.99. The number of nitrogens with one attached hydrogen (secondary N) is 1. The summed E-state index contributed by atoms with van der Waals surface area (Å²) in [5, 5.41) is 3.19. The molecule has 0 aliphatic carbocycles. The molecule has 0 aromatic carbocycles. The normalized spacial score (nSPS) is 27.7. The third-order valence-electron chi connectivity index (χ3n) is 3.55. The van der Waals surface area contributed by atoms with Gasteiger partial charge in [0, 0.05) is 16.3 Å². The highest BCUT2D eigenvalue weighted by molar-refractivity contribution is 7.12. The van der Waals surface area contributed by atoms with Gasteiger partial charge >= 0.3 is 0 Å². The van der Waals surface area contributed by atoms with Crippen molar-refractivity contribution in [2.45, 2.75) is 65.1 Å². The van der Waals surface area contributed by atoms with Crippen LogP contribution < -0.4 is 5.32 Å². The second-order valence-corrected chi connectivity index (χ2v) is 6.83. The zero-order chi connectivity index (χ0) is 13.8. The van der Waals surface area contributed by atoms with Crippen molar-refractivity contribution in [1.82, 2.24) is 5.32 Å². The van der Waals surface area contributed by atoms with Gasteiger partial charge in [-0.1, -0.05) is 0 Å². The van der Waals surface area contributed by atoms with Crippen molar-refractivity contribution in [2.24, 2.45) is 0 Å². The molecule has 1 aliphatic rings. The maximum absolute atomic E-state index is 6.09. The van der Waals surface area contributed by atoms with Crippen molar-refractivity contribution < 1.29 is 9.47 Å². The summed E-state index contributed by atoms with van der Waals surface area (Å²) >= 11 is 1.86. The average molecular weight is 283 g/mol. The van der Waals surface area contributed by atoms with E-state index in [0.717, 1.165) is 26.0 Å². The fraction of sp³-hybridized carbons (Fsp3) is 0.733. The first kappa shape index (κ1) is 15.0. The third kappa shape index (κ3) is 4.28. The van der Waals surface area contributed by atoms with Crippen LogP contribution in [0, 0.1) is 6.92 Å². The lowest BCUT2D eigenvalue weighted by atomic mass is 10.0. The molecule has 1 N–H and O–H groups in total. The molecule has 1 saturated heterocycles. The number of aryl methyl sites for hydroxylation is 1. The van der Waals surface area contributed by atoms with E-state index in [0.29, 0.717) is 18.3 Å². The zero-order valence-electron chi connectivity index (χ0n) is 12.4. The Bertz CT molecular complexity index is 395. The van der Waals surface area contributed by atoms with Gasteiger partial charge in [0.25, 0.3) is 0 Å². The molecule has 3 nitrogen and oxygen atoms in total. The molecule has 0 spiro atoms. The van der Waals surface area contributed by atoms with Gasteiger partial charge < -0.3 is 14.8 Å². The first-order chi connectivity index (χ1) is 9.08. The number of hydrogen-bond acceptors (Lipinski definition) is 4. The minimum atomic E-state index is 0.317. The van der Waals surface area contributed by atoms with Crippen molar-refractivity contribution in [3.63, 3.8) is 0 Å². The van der Waals surface area contributed by atoms with Gasteiger partial charge in [-0.3, -0.25) is 0 Å². The lowest BCUT2D eigenvalue weighted by Crippen LogP contribution is -2.33. The summed E-state index contributed by atoms with van der Waals surface area (Å²) in [6.45, 7) is 8.12. The second-order valence-electron chi connectivity index (χ2n) is 5.49. The lowest BCUT2D eigenvalue weighted by Gasteiger charge is -2.32. The Morgan fingerprint density at radius 2 is 2.05 bits per heavy atom. The maximum Gasteiger partial charge on any atom is 0.0731 e. The quantitative estimate of drug-likeness (QED) is 0.900. The Balaban J connectivity index is 1.87. The molecule has 0 radical (unpaired) electrons. The van der Waals surface area contributed by atoms with Crippen LogP contribution in [-0.4, -0.2) is 25.4 Å². The molecule has 1 aromatic rings. The first-order valence-electron chi connectivity index (χ1n) is 7.08. The van der Waals surface area contributed by atoms with Gasteiger partial charge in [0.2, 0.25) is 0 Å². The van der Waals surface area contributed by atoms with Crippen molar-refractivity contribution in [3.05, 3.63) is 21.4 Å². The molecule has 19 heavy (non-hydrogen) atoms. The maximum atomic E-state index is 6.09. The SMILES string of the molecule is CNCc1cc(COC2CC(C)OC(C)C2)c(C)s1. The minimum absolute atomic E-state index is 0.317. The Morgan fingerprint density at radius 1 is 1.37 bits per heavy atom. The van der Waals surface area contributed by atoms with E-state index >= 15 is 0 Å². The fourth-order valence-corrected chi connectivity index (χ4v) is 3.74. The summed E-state index contributed by atoms with van der Waals surface area (Å²) in [5.41, 5.74) is 1.34. The van der Waals surface area contributed by atoms with Crippen molar-refractivity contribution in [1.29, 1.82) is 0 Å². The van der Waals surface area contributed by atoms with Crippen LogP contribution in [0.2, 0.25) is 0 Å². The summed E-state index contributed by atoms with van der Waals surface area (Å²) in [7, 11) is 1.98. The molecule has 1 fully saturated rings. The summed E-state index contributed by atoms with van der Waals surface area (Å²) < 4.78 is 11.8. The first-order valence-corrected chi connectivity index (χ1v) is 7.90. The number of rotatable bonds is 5. The van der Waals surface area contributed by atoms with E-state index in [9.17, 15) is 0 Å². The van der Waals surface area contributed by atoms with Crippen LogP contribution >= 0.6 is 11.3 Å². The Hall–Kier alpha value is -0.420. The Kier molecular flexibility index (Phi) is 5.39. The number of thiophene rings is 1. The topological polar surface area (TPSA) is 30.5 Å². The molecule has 0 amide bonds. The van der Waals surface area contributed by atoms with Gasteiger partial charge in [-0.2, -0.15) is 0 Å². The largest absolute Gasteiger partial charge is 0.375 e. The van der Waals surface area contributed by atoms with Crippen molar-refractivity contribution >= 4 is 11.3 Å². The second kappa shape index (κ2) is 6.84. The van der Waals surface area contributed by atoms with Gasteiger partial charge in [0.1, 0.15) is 0 Å². The predicted molar refractivity (Wildman–Crippen MR) is 79.6 cm³/mol. The predicted octanol–water partition coefficient (Wildman–Crippen LogP) is 3.25. The van der Waals surface area contributed by atoms with Gasteiger partial charge in [-0.25, -0.2) is 0 Å². The summed E-state index contributed by atoms with van der Waals surface area (Å²) in [6, 6.07) is 2.27. The van der Waals surface area contributed by atoms with Crippen LogP contribution in [0.5, 0.6) is 0 Å². The van der Waals surface area contributed by atoms with E-state index in [2.05, 4.69) is 32.2 Å². The van der Waals surface area contributed by atoms with Gasteiger partial charge in [-0.05, 0) is 52.3 Å². The van der Waals surface area contributed by atoms with Crippen LogP contribution in [0.1, 0.15) is 42.0 Å². The van der Waals surface area contributed by atoms with E-state index in [1.807, 2.05) is 18.4 Å². The molecule has 2 atom stereocenters. The number of hydrogen-bond donors (Lipinski definition) is 1. The highest BCUT2D eigenvalue weighted by Gasteiger charge is 2.25. The molecular formula is C15H25NO2S. The van der Waals surface area contributed by atoms with Crippen LogP contribution in [0.15, 0.2) is 6.07 Å². The van der Waals surface area contributed by atoms with E-state index in [1.165, 1.54) is 15.3 Å². The highest BCUT2D eigenvalue weighted by Crippen LogP contribution is 2.26. The van der Waals surface area contributed by atoms with Crippen molar-refractivity contribution in [2.75, 3.05) is 7.05 Å². The van der Waals surface area contributed by atoms with Crippen LogP contribution in [0.25, 0.3) is 0 Å². The highest BCUT2D eigenvalue weighted by atomic mass is 32.1. The molecular weight excluding hydrogens is 258 g/mol. The summed E-state index contributed by atoms with van der Waals surface area (Å²) in [5.74, 6) is 0. The number of ether oxygens (including phenoxy) is 2. The average Bonchev–Trinajstić information content (AvgIpc) is 2.66. The van der Waals surface area contributed by atoms with Gasteiger partial charge in [-0.15, -0.1) is 11.3 Å². The third-order valence-corrected chi connectivity index (χ3v) is 4.64.